The summed E-state index contributed by atoms with van der Waals surface area (Å²) in [6, 6.07) is 20.3. The number of benzene rings is 3. The van der Waals surface area contributed by atoms with Crippen LogP contribution in [-0.2, 0) is 21.0 Å². The predicted molar refractivity (Wildman–Crippen MR) is 148 cm³/mol. The highest BCUT2D eigenvalue weighted by molar-refractivity contribution is 7.89. The maximum Gasteiger partial charge on any atom is 0.416 e. The molecule has 0 aliphatic heterocycles. The van der Waals surface area contributed by atoms with E-state index in [0.29, 0.717) is 29.6 Å². The number of para-hydroxylation sites is 1. The number of carbonyl (C=O) groups is 1. The maximum atomic E-state index is 13.4. The summed E-state index contributed by atoms with van der Waals surface area (Å²) in [5.74, 6) is -0.299. The van der Waals surface area contributed by atoms with Gasteiger partial charge in [0.05, 0.1) is 28.4 Å². The summed E-state index contributed by atoms with van der Waals surface area (Å²) in [5.41, 5.74) is 2.66. The third-order valence-corrected chi connectivity index (χ3v) is 8.16. The number of alkyl halides is 3. The lowest BCUT2D eigenvalue weighted by atomic mass is 10.1. The average molecular weight is 571 g/mol. The molecule has 0 saturated heterocycles. The number of hydrogen-bond acceptors (Lipinski definition) is 4. The molecule has 4 rings (SSSR count). The van der Waals surface area contributed by atoms with Crippen molar-refractivity contribution in [2.24, 2.45) is 0 Å². The number of sulfonamides is 1. The van der Waals surface area contributed by atoms with E-state index >= 15 is 0 Å². The van der Waals surface area contributed by atoms with Gasteiger partial charge in [-0.2, -0.15) is 22.6 Å². The van der Waals surface area contributed by atoms with Crippen molar-refractivity contribution < 1.29 is 26.4 Å². The fourth-order valence-corrected chi connectivity index (χ4v) is 5.95. The van der Waals surface area contributed by atoms with E-state index in [1.807, 2.05) is 68.4 Å². The first kappa shape index (κ1) is 29.0. The predicted octanol–water partition coefficient (Wildman–Crippen LogP) is 6.21. The van der Waals surface area contributed by atoms with Crippen LogP contribution < -0.4 is 5.32 Å². The molecule has 7 nitrogen and oxygen atoms in total. The molecule has 11 heteroatoms. The number of amides is 1. The Kier molecular flexibility index (Phi) is 8.45. The highest BCUT2D eigenvalue weighted by atomic mass is 32.2. The molecule has 0 fully saturated rings. The number of halogens is 3. The fourth-order valence-electron chi connectivity index (χ4n) is 4.42. The largest absolute Gasteiger partial charge is 0.416 e. The van der Waals surface area contributed by atoms with Gasteiger partial charge in [-0.05, 0) is 55.7 Å². The van der Waals surface area contributed by atoms with Gasteiger partial charge in [-0.3, -0.25) is 4.79 Å². The van der Waals surface area contributed by atoms with Crippen molar-refractivity contribution >= 4 is 21.7 Å². The van der Waals surface area contributed by atoms with E-state index in [9.17, 15) is 26.4 Å². The van der Waals surface area contributed by atoms with Gasteiger partial charge in [0.2, 0.25) is 15.9 Å². The standard InChI is InChI=1S/C29H29F3N4O3S/c1-4-17-35(40(38,39)24-15-10-14-23(18-24)29(30,31)32)19-26(37)33-28-27(22-12-6-5-7-13-22)21(3)34-36(28)25-16-9-8-11-20(25)2/h5-16,18H,4,17,19H2,1-3H3,(H,33,37). The summed E-state index contributed by atoms with van der Waals surface area (Å²) in [7, 11) is -4.41. The molecule has 0 radical (unpaired) electrons. The lowest BCUT2D eigenvalue weighted by Crippen LogP contribution is -2.39. The second-order valence-electron chi connectivity index (χ2n) is 9.29. The number of anilines is 1. The molecule has 0 unspecified atom stereocenters. The van der Waals surface area contributed by atoms with E-state index in [4.69, 9.17) is 0 Å². The minimum Gasteiger partial charge on any atom is -0.309 e. The molecular formula is C29H29F3N4O3S. The first-order chi connectivity index (χ1) is 18.9. The van der Waals surface area contributed by atoms with E-state index in [1.165, 1.54) is 0 Å². The smallest absolute Gasteiger partial charge is 0.309 e. The number of hydrogen-bond donors (Lipinski definition) is 1. The van der Waals surface area contributed by atoms with Gasteiger partial charge in [-0.15, -0.1) is 0 Å². The Hall–Kier alpha value is -3.96. The summed E-state index contributed by atoms with van der Waals surface area (Å²) < 4.78 is 69.0. The third-order valence-electron chi connectivity index (χ3n) is 6.32. The number of aryl methyl sites for hydroxylation is 2. The number of carbonyl (C=O) groups excluding carboxylic acids is 1. The van der Waals surface area contributed by atoms with Crippen LogP contribution in [-0.4, -0.2) is 41.5 Å². The zero-order valence-electron chi connectivity index (χ0n) is 22.2. The SMILES string of the molecule is CCCN(CC(=O)Nc1c(-c2ccccc2)c(C)nn1-c1ccccc1C)S(=O)(=O)c1cccc(C(F)(F)F)c1. The fraction of sp³-hybridized carbons (Fsp3) is 0.241. The van der Waals surface area contributed by atoms with Crippen molar-refractivity contribution in [3.63, 3.8) is 0 Å². The van der Waals surface area contributed by atoms with Gasteiger partial charge in [-0.25, -0.2) is 13.1 Å². The number of nitrogens with zero attached hydrogens (tertiary/aromatic N) is 3. The number of nitrogens with one attached hydrogen (secondary N) is 1. The van der Waals surface area contributed by atoms with E-state index in [0.717, 1.165) is 39.3 Å². The minimum absolute atomic E-state index is 0.0619. The summed E-state index contributed by atoms with van der Waals surface area (Å²) in [4.78, 5) is 12.9. The van der Waals surface area contributed by atoms with Crippen LogP contribution in [0.1, 0.15) is 30.2 Å². The van der Waals surface area contributed by atoms with Crippen LogP contribution in [0.2, 0.25) is 0 Å². The normalized spacial score (nSPS) is 12.1. The van der Waals surface area contributed by atoms with Gasteiger partial charge in [0, 0.05) is 12.1 Å². The highest BCUT2D eigenvalue weighted by Gasteiger charge is 2.33. The highest BCUT2D eigenvalue weighted by Crippen LogP contribution is 2.34. The van der Waals surface area contributed by atoms with Crippen molar-refractivity contribution in [1.29, 1.82) is 0 Å². The van der Waals surface area contributed by atoms with E-state index in [1.54, 1.807) is 11.6 Å². The van der Waals surface area contributed by atoms with Gasteiger partial charge >= 0.3 is 6.18 Å². The second-order valence-corrected chi connectivity index (χ2v) is 11.2. The van der Waals surface area contributed by atoms with Crippen LogP contribution in [0.15, 0.2) is 83.8 Å². The average Bonchev–Trinajstić information content (AvgIpc) is 3.23. The molecule has 40 heavy (non-hydrogen) atoms. The van der Waals surface area contributed by atoms with Crippen molar-refractivity contribution in [3.8, 4) is 16.8 Å². The number of aromatic nitrogens is 2. The lowest BCUT2D eigenvalue weighted by molar-refractivity contribution is -0.137. The van der Waals surface area contributed by atoms with Crippen LogP contribution in [0, 0.1) is 13.8 Å². The van der Waals surface area contributed by atoms with Crippen molar-refractivity contribution in [1.82, 2.24) is 14.1 Å². The molecule has 0 atom stereocenters. The second kappa shape index (κ2) is 11.6. The first-order valence-corrected chi connectivity index (χ1v) is 14.1. The van der Waals surface area contributed by atoms with Gasteiger partial charge < -0.3 is 5.32 Å². The van der Waals surface area contributed by atoms with E-state index in [2.05, 4.69) is 10.4 Å². The third kappa shape index (κ3) is 6.10. The topological polar surface area (TPSA) is 84.3 Å². The summed E-state index contributed by atoms with van der Waals surface area (Å²) in [6.45, 7) is 4.78. The Bertz CT molecular complexity index is 1620. The summed E-state index contributed by atoms with van der Waals surface area (Å²) in [5, 5.41) is 7.53. The van der Waals surface area contributed by atoms with Crippen LogP contribution >= 0.6 is 0 Å². The molecule has 0 aliphatic carbocycles. The molecule has 0 bridgehead atoms. The Balaban J connectivity index is 1.72. The Morgan fingerprint density at radius 3 is 2.30 bits per heavy atom. The molecule has 0 saturated carbocycles. The van der Waals surface area contributed by atoms with Crippen LogP contribution in [0.3, 0.4) is 0 Å². The summed E-state index contributed by atoms with van der Waals surface area (Å²) in [6.07, 6.45) is -4.36. The van der Waals surface area contributed by atoms with E-state index < -0.39 is 39.1 Å². The lowest BCUT2D eigenvalue weighted by Gasteiger charge is -2.22. The molecule has 3 aromatic carbocycles. The molecule has 210 valence electrons. The summed E-state index contributed by atoms with van der Waals surface area (Å²) >= 11 is 0. The Morgan fingerprint density at radius 2 is 1.65 bits per heavy atom. The Morgan fingerprint density at radius 1 is 0.975 bits per heavy atom. The van der Waals surface area contributed by atoms with Gasteiger partial charge in [-0.1, -0.05) is 61.5 Å². The van der Waals surface area contributed by atoms with Crippen molar-refractivity contribution in [2.45, 2.75) is 38.3 Å². The van der Waals surface area contributed by atoms with Gasteiger partial charge in [0.15, 0.2) is 0 Å². The molecule has 0 spiro atoms. The van der Waals surface area contributed by atoms with Crippen LogP contribution in [0.25, 0.3) is 16.8 Å². The zero-order chi connectivity index (χ0) is 29.1. The molecule has 1 amide bonds. The molecule has 1 aromatic heterocycles. The van der Waals surface area contributed by atoms with Crippen LogP contribution in [0.4, 0.5) is 19.0 Å². The van der Waals surface area contributed by atoms with Crippen molar-refractivity contribution in [2.75, 3.05) is 18.4 Å². The monoisotopic (exact) mass is 570 g/mol. The van der Waals surface area contributed by atoms with E-state index in [-0.39, 0.29) is 6.54 Å². The van der Waals surface area contributed by atoms with Gasteiger partial charge in [0.1, 0.15) is 5.82 Å². The molecule has 1 N–H and O–H groups in total. The maximum absolute atomic E-state index is 13.4. The van der Waals surface area contributed by atoms with Crippen molar-refractivity contribution in [3.05, 3.63) is 95.7 Å². The molecule has 4 aromatic rings. The molecule has 0 aliphatic rings. The van der Waals surface area contributed by atoms with Gasteiger partial charge in [0.25, 0.3) is 0 Å². The first-order valence-electron chi connectivity index (χ1n) is 12.6. The minimum atomic E-state index is -4.71. The molecular weight excluding hydrogens is 541 g/mol. The quantitative estimate of drug-likeness (QED) is 0.259. The molecule has 1 heterocycles. The number of rotatable bonds is 9. The van der Waals surface area contributed by atoms with Crippen LogP contribution in [0.5, 0.6) is 0 Å². The Labute approximate surface area is 231 Å². The zero-order valence-corrected chi connectivity index (χ0v) is 23.1.